The van der Waals surface area contributed by atoms with E-state index < -0.39 is 0 Å². The third-order valence-corrected chi connectivity index (χ3v) is 1.05. The number of anilines is 1. The Bertz CT molecular complexity index is 225. The van der Waals surface area contributed by atoms with Gasteiger partial charge in [-0.1, -0.05) is 6.08 Å². The van der Waals surface area contributed by atoms with Crippen molar-refractivity contribution in [3.63, 3.8) is 0 Å². The molecule has 5 N–H and O–H groups in total. The predicted octanol–water partition coefficient (Wildman–Crippen LogP) is -0.0362. The lowest BCUT2D eigenvalue weighted by molar-refractivity contribution is 1.09. The molecule has 0 saturated carbocycles. The Balaban J connectivity index is 2.67. The van der Waals surface area contributed by atoms with E-state index in [9.17, 15) is 0 Å². The van der Waals surface area contributed by atoms with Gasteiger partial charge in [-0.05, 0) is 6.08 Å². The van der Waals surface area contributed by atoms with Crippen LogP contribution in [0.4, 0.5) is 5.82 Å². The largest absolute Gasteiger partial charge is 0.382 e. The topological polar surface area (TPSA) is 80.7 Å². The fourth-order valence-electron chi connectivity index (χ4n) is 0.633. The van der Waals surface area contributed by atoms with Crippen LogP contribution in [0.1, 0.15) is 5.69 Å². The molecular formula is C6H10N4. The van der Waals surface area contributed by atoms with Gasteiger partial charge in [0.1, 0.15) is 5.82 Å². The Hall–Kier alpha value is -1.29. The van der Waals surface area contributed by atoms with Crippen molar-refractivity contribution >= 4 is 11.9 Å². The van der Waals surface area contributed by atoms with E-state index >= 15 is 0 Å². The van der Waals surface area contributed by atoms with Gasteiger partial charge < -0.3 is 11.5 Å². The summed E-state index contributed by atoms with van der Waals surface area (Å²) in [6, 6.07) is 1.74. The molecule has 4 nitrogen and oxygen atoms in total. The van der Waals surface area contributed by atoms with Crippen molar-refractivity contribution in [2.45, 2.75) is 0 Å². The normalized spacial score (nSPS) is 10.9. The molecule has 0 radical (unpaired) electrons. The number of hydrogen-bond acceptors (Lipinski definition) is 3. The molecule has 1 heterocycles. The average molecular weight is 138 g/mol. The first-order chi connectivity index (χ1) is 4.83. The number of rotatable bonds is 2. The summed E-state index contributed by atoms with van der Waals surface area (Å²) in [5, 5.41) is 6.45. The monoisotopic (exact) mass is 138 g/mol. The van der Waals surface area contributed by atoms with Gasteiger partial charge in [-0.15, -0.1) is 0 Å². The lowest BCUT2D eigenvalue weighted by Gasteiger charge is -1.79. The molecule has 10 heavy (non-hydrogen) atoms. The van der Waals surface area contributed by atoms with Gasteiger partial charge in [0.05, 0.1) is 5.69 Å². The van der Waals surface area contributed by atoms with E-state index in [2.05, 4.69) is 10.2 Å². The third-order valence-electron chi connectivity index (χ3n) is 1.05. The van der Waals surface area contributed by atoms with Gasteiger partial charge in [-0.2, -0.15) is 5.10 Å². The summed E-state index contributed by atoms with van der Waals surface area (Å²) in [6.45, 7) is 0.527. The molecule has 4 heteroatoms. The van der Waals surface area contributed by atoms with Crippen LogP contribution in [0.3, 0.4) is 0 Å². The van der Waals surface area contributed by atoms with E-state index in [1.165, 1.54) is 0 Å². The maximum Gasteiger partial charge on any atom is 0.145 e. The van der Waals surface area contributed by atoms with Gasteiger partial charge >= 0.3 is 0 Å². The zero-order chi connectivity index (χ0) is 7.40. The minimum atomic E-state index is 0.497. The van der Waals surface area contributed by atoms with Crippen LogP contribution in [0.15, 0.2) is 12.1 Å². The number of nitrogens with zero attached hydrogens (tertiary/aromatic N) is 1. The first kappa shape index (κ1) is 6.82. The quantitative estimate of drug-likeness (QED) is 0.536. The van der Waals surface area contributed by atoms with Gasteiger partial charge in [0.2, 0.25) is 0 Å². The smallest absolute Gasteiger partial charge is 0.145 e. The number of nitrogens with one attached hydrogen (secondary N) is 1. The Morgan fingerprint density at radius 3 is 3.00 bits per heavy atom. The minimum absolute atomic E-state index is 0.497. The molecule has 1 aromatic rings. The molecule has 1 aromatic heterocycles. The Morgan fingerprint density at radius 1 is 1.70 bits per heavy atom. The van der Waals surface area contributed by atoms with Crippen LogP contribution in [-0.4, -0.2) is 16.7 Å². The van der Waals surface area contributed by atoms with Gasteiger partial charge in [0.15, 0.2) is 0 Å². The van der Waals surface area contributed by atoms with Crippen molar-refractivity contribution in [1.82, 2.24) is 10.2 Å². The third kappa shape index (κ3) is 1.60. The number of H-pyrrole nitrogens is 1. The number of aromatic nitrogens is 2. The Kier molecular flexibility index (Phi) is 2.07. The molecule has 0 bridgehead atoms. The van der Waals surface area contributed by atoms with E-state index in [-0.39, 0.29) is 0 Å². The molecule has 0 aliphatic carbocycles. The summed E-state index contributed by atoms with van der Waals surface area (Å²) in [7, 11) is 0. The molecule has 54 valence electrons. The first-order valence-electron chi connectivity index (χ1n) is 3.00. The zero-order valence-corrected chi connectivity index (χ0v) is 5.54. The highest BCUT2D eigenvalue weighted by Gasteiger charge is 1.89. The van der Waals surface area contributed by atoms with Gasteiger partial charge in [0.25, 0.3) is 0 Å². The van der Waals surface area contributed by atoms with E-state index in [1.54, 1.807) is 6.07 Å². The molecule has 0 spiro atoms. The van der Waals surface area contributed by atoms with E-state index in [0.29, 0.717) is 12.4 Å². The first-order valence-corrected chi connectivity index (χ1v) is 3.00. The highest BCUT2D eigenvalue weighted by Crippen LogP contribution is 2.01. The summed E-state index contributed by atoms with van der Waals surface area (Å²) in [4.78, 5) is 0. The fourth-order valence-corrected chi connectivity index (χ4v) is 0.633. The van der Waals surface area contributed by atoms with Crippen LogP contribution in [0.2, 0.25) is 0 Å². The van der Waals surface area contributed by atoms with Crippen molar-refractivity contribution in [2.75, 3.05) is 12.3 Å². The average Bonchev–Trinajstić information content (AvgIpc) is 2.31. The molecule has 0 unspecified atom stereocenters. The summed E-state index contributed by atoms with van der Waals surface area (Å²) < 4.78 is 0. The zero-order valence-electron chi connectivity index (χ0n) is 5.54. The number of nitrogen functional groups attached to an aromatic ring is 1. The number of nitrogens with two attached hydrogens (primary N) is 2. The van der Waals surface area contributed by atoms with Crippen LogP contribution < -0.4 is 11.5 Å². The van der Waals surface area contributed by atoms with Crippen molar-refractivity contribution in [1.29, 1.82) is 0 Å². The molecule has 0 aromatic carbocycles. The van der Waals surface area contributed by atoms with E-state index in [1.807, 2.05) is 12.2 Å². The number of aromatic amines is 1. The Labute approximate surface area is 58.9 Å². The van der Waals surface area contributed by atoms with E-state index in [4.69, 9.17) is 11.5 Å². The van der Waals surface area contributed by atoms with Crippen LogP contribution >= 0.6 is 0 Å². The second-order valence-corrected chi connectivity index (χ2v) is 1.89. The van der Waals surface area contributed by atoms with Crippen LogP contribution in [0.5, 0.6) is 0 Å². The molecule has 0 amide bonds. The highest BCUT2D eigenvalue weighted by molar-refractivity contribution is 5.48. The lowest BCUT2D eigenvalue weighted by Crippen LogP contribution is -1.91. The lowest BCUT2D eigenvalue weighted by atomic mass is 10.4. The Morgan fingerprint density at radius 2 is 2.50 bits per heavy atom. The highest BCUT2D eigenvalue weighted by atomic mass is 15.1. The maximum absolute atomic E-state index is 5.34. The molecule has 0 atom stereocenters. The number of hydrogen-bond donors (Lipinski definition) is 3. The molecule has 0 aliphatic heterocycles. The van der Waals surface area contributed by atoms with Gasteiger partial charge in [-0.25, -0.2) is 0 Å². The standard InChI is InChI=1S/C6H10N4/c7-3-1-2-5-4-6(8)10-9-5/h1-2,4H,3,7H2,(H3,8,9,10). The summed E-state index contributed by atoms with van der Waals surface area (Å²) in [6.07, 6.45) is 3.66. The van der Waals surface area contributed by atoms with Crippen LogP contribution in [0.25, 0.3) is 6.08 Å². The van der Waals surface area contributed by atoms with Crippen LogP contribution in [0, 0.1) is 0 Å². The maximum atomic E-state index is 5.34. The van der Waals surface area contributed by atoms with Crippen LogP contribution in [-0.2, 0) is 0 Å². The predicted molar refractivity (Wildman–Crippen MR) is 41.1 cm³/mol. The second-order valence-electron chi connectivity index (χ2n) is 1.89. The minimum Gasteiger partial charge on any atom is -0.382 e. The van der Waals surface area contributed by atoms with Gasteiger partial charge in [-0.3, -0.25) is 5.10 Å². The van der Waals surface area contributed by atoms with Gasteiger partial charge in [0, 0.05) is 12.6 Å². The molecular weight excluding hydrogens is 128 g/mol. The summed E-state index contributed by atoms with van der Waals surface area (Å²) in [5.74, 6) is 0.497. The molecule has 0 saturated heterocycles. The van der Waals surface area contributed by atoms with Crippen molar-refractivity contribution < 1.29 is 0 Å². The van der Waals surface area contributed by atoms with Crippen molar-refractivity contribution in [3.05, 3.63) is 17.8 Å². The van der Waals surface area contributed by atoms with E-state index in [0.717, 1.165) is 5.69 Å². The van der Waals surface area contributed by atoms with Crippen molar-refractivity contribution in [2.24, 2.45) is 5.73 Å². The fraction of sp³-hybridized carbons (Fsp3) is 0.167. The van der Waals surface area contributed by atoms with Crippen molar-refractivity contribution in [3.8, 4) is 0 Å². The SMILES string of the molecule is NCC=Cc1cc(N)n[nH]1. The summed E-state index contributed by atoms with van der Waals surface area (Å²) in [5.41, 5.74) is 11.5. The summed E-state index contributed by atoms with van der Waals surface area (Å²) >= 11 is 0. The molecule has 1 rings (SSSR count). The molecule has 0 fully saturated rings. The second kappa shape index (κ2) is 3.03. The molecule has 0 aliphatic rings.